The molecule has 0 bridgehead atoms. The van der Waals surface area contributed by atoms with E-state index in [1.54, 1.807) is 36.4 Å². The normalized spacial score (nSPS) is 17.9. The Morgan fingerprint density at radius 3 is 2.10 bits per heavy atom. The molecule has 0 saturated carbocycles. The zero-order chi connectivity index (χ0) is 21.1. The van der Waals surface area contributed by atoms with Gasteiger partial charge in [0.2, 0.25) is 0 Å². The average molecular weight is 399 g/mol. The van der Waals surface area contributed by atoms with E-state index in [9.17, 15) is 14.7 Å². The minimum Gasteiger partial charge on any atom is -0.507 e. The van der Waals surface area contributed by atoms with Gasteiger partial charge in [0.05, 0.1) is 18.2 Å². The number of carbonyl (C=O) groups is 2. The molecule has 1 aliphatic heterocycles. The topological polar surface area (TPSA) is 66.8 Å². The Balaban J connectivity index is 1.87. The molecule has 150 valence electrons. The van der Waals surface area contributed by atoms with Crippen molar-refractivity contribution < 1.29 is 19.4 Å². The average Bonchev–Trinajstić information content (AvgIpc) is 3.06. The van der Waals surface area contributed by atoms with E-state index in [1.807, 2.05) is 55.5 Å². The number of amides is 1. The molecule has 0 radical (unpaired) electrons. The number of benzene rings is 3. The van der Waals surface area contributed by atoms with Crippen LogP contribution in [0.3, 0.4) is 0 Å². The molecule has 5 heteroatoms. The third-order valence-corrected chi connectivity index (χ3v) is 5.03. The van der Waals surface area contributed by atoms with E-state index in [0.717, 1.165) is 5.56 Å². The van der Waals surface area contributed by atoms with Crippen molar-refractivity contribution in [3.05, 3.63) is 102 Å². The van der Waals surface area contributed by atoms with Crippen LogP contribution in [-0.4, -0.2) is 23.4 Å². The number of rotatable bonds is 5. The number of carbonyl (C=O) groups excluding carboxylic acids is 2. The molecule has 1 N–H and O–H groups in total. The predicted molar refractivity (Wildman–Crippen MR) is 115 cm³/mol. The zero-order valence-electron chi connectivity index (χ0n) is 16.5. The van der Waals surface area contributed by atoms with Crippen molar-refractivity contribution in [3.63, 3.8) is 0 Å². The van der Waals surface area contributed by atoms with Crippen molar-refractivity contribution in [1.82, 2.24) is 0 Å². The van der Waals surface area contributed by atoms with Crippen LogP contribution in [0.4, 0.5) is 5.69 Å². The minimum atomic E-state index is -0.722. The lowest BCUT2D eigenvalue weighted by atomic mass is 9.95. The van der Waals surface area contributed by atoms with Gasteiger partial charge in [-0.25, -0.2) is 0 Å². The van der Waals surface area contributed by atoms with E-state index in [-0.39, 0.29) is 11.3 Å². The Labute approximate surface area is 174 Å². The molecule has 0 aliphatic carbocycles. The van der Waals surface area contributed by atoms with E-state index in [1.165, 1.54) is 4.90 Å². The van der Waals surface area contributed by atoms with Crippen LogP contribution in [0.15, 0.2) is 90.5 Å². The summed E-state index contributed by atoms with van der Waals surface area (Å²) in [5.41, 5.74) is 1.86. The fourth-order valence-electron chi connectivity index (χ4n) is 3.67. The summed E-state index contributed by atoms with van der Waals surface area (Å²) in [6.07, 6.45) is 0. The lowest BCUT2D eigenvalue weighted by Crippen LogP contribution is -2.29. The fraction of sp³-hybridized carbons (Fsp3) is 0.120. The molecule has 1 atom stereocenters. The molecule has 1 saturated heterocycles. The van der Waals surface area contributed by atoms with Crippen LogP contribution in [0.25, 0.3) is 5.76 Å². The van der Waals surface area contributed by atoms with E-state index < -0.39 is 17.7 Å². The summed E-state index contributed by atoms with van der Waals surface area (Å²) in [7, 11) is 0. The number of aliphatic hydroxyl groups excluding tert-OH is 1. The molecule has 0 aromatic heterocycles. The number of nitrogens with zero attached hydrogens (tertiary/aromatic N) is 1. The van der Waals surface area contributed by atoms with Crippen molar-refractivity contribution in [2.24, 2.45) is 0 Å². The molecule has 1 amide bonds. The number of ether oxygens (including phenoxy) is 1. The molecule has 3 aromatic rings. The van der Waals surface area contributed by atoms with Gasteiger partial charge in [-0.2, -0.15) is 0 Å². The highest BCUT2D eigenvalue weighted by atomic mass is 16.5. The first-order valence-corrected chi connectivity index (χ1v) is 9.76. The van der Waals surface area contributed by atoms with Crippen LogP contribution in [0.2, 0.25) is 0 Å². The van der Waals surface area contributed by atoms with Gasteiger partial charge in [-0.1, -0.05) is 48.5 Å². The smallest absolute Gasteiger partial charge is 0.300 e. The SMILES string of the molecule is CCOc1ccc(C(O)=C2C(=O)C(=O)N(c3ccccc3)[C@@H]2c2ccccc2)cc1. The third kappa shape index (κ3) is 3.46. The van der Waals surface area contributed by atoms with Crippen molar-refractivity contribution >= 4 is 23.1 Å². The van der Waals surface area contributed by atoms with Crippen molar-refractivity contribution in [1.29, 1.82) is 0 Å². The fourth-order valence-corrected chi connectivity index (χ4v) is 3.67. The van der Waals surface area contributed by atoms with Crippen LogP contribution in [0, 0.1) is 0 Å². The molecule has 30 heavy (non-hydrogen) atoms. The third-order valence-electron chi connectivity index (χ3n) is 5.03. The molecular weight excluding hydrogens is 378 g/mol. The summed E-state index contributed by atoms with van der Waals surface area (Å²) in [6, 6.07) is 24.3. The second-order valence-electron chi connectivity index (χ2n) is 6.87. The first-order valence-electron chi connectivity index (χ1n) is 9.76. The second kappa shape index (κ2) is 8.25. The predicted octanol–water partition coefficient (Wildman–Crippen LogP) is 4.71. The number of hydrogen-bond donors (Lipinski definition) is 1. The van der Waals surface area contributed by atoms with E-state index in [4.69, 9.17) is 4.74 Å². The number of anilines is 1. The van der Waals surface area contributed by atoms with Gasteiger partial charge in [0.15, 0.2) is 0 Å². The van der Waals surface area contributed by atoms with Gasteiger partial charge >= 0.3 is 0 Å². The molecule has 5 nitrogen and oxygen atoms in total. The van der Waals surface area contributed by atoms with Crippen LogP contribution in [0.5, 0.6) is 5.75 Å². The Hall–Kier alpha value is -3.86. The first-order chi connectivity index (χ1) is 14.6. The lowest BCUT2D eigenvalue weighted by molar-refractivity contribution is -0.132. The van der Waals surface area contributed by atoms with Gasteiger partial charge in [-0.3, -0.25) is 14.5 Å². The summed E-state index contributed by atoms with van der Waals surface area (Å²) in [6.45, 7) is 2.42. The van der Waals surface area contributed by atoms with Crippen molar-refractivity contribution in [2.75, 3.05) is 11.5 Å². The summed E-state index contributed by atoms with van der Waals surface area (Å²) >= 11 is 0. The summed E-state index contributed by atoms with van der Waals surface area (Å²) in [5.74, 6) is -0.913. The van der Waals surface area contributed by atoms with Gasteiger partial charge in [0, 0.05) is 11.3 Å². The number of para-hydroxylation sites is 1. The molecule has 1 heterocycles. The van der Waals surface area contributed by atoms with E-state index in [0.29, 0.717) is 23.6 Å². The number of hydrogen-bond acceptors (Lipinski definition) is 4. The highest BCUT2D eigenvalue weighted by Gasteiger charge is 2.46. The summed E-state index contributed by atoms with van der Waals surface area (Å²) < 4.78 is 5.44. The van der Waals surface area contributed by atoms with Gasteiger partial charge < -0.3 is 9.84 Å². The maximum Gasteiger partial charge on any atom is 0.300 e. The summed E-state index contributed by atoms with van der Waals surface area (Å²) in [5, 5.41) is 11.1. The highest BCUT2D eigenvalue weighted by Crippen LogP contribution is 2.42. The molecule has 0 spiro atoms. The Morgan fingerprint density at radius 2 is 1.50 bits per heavy atom. The van der Waals surface area contributed by atoms with E-state index >= 15 is 0 Å². The molecule has 3 aromatic carbocycles. The second-order valence-corrected chi connectivity index (χ2v) is 6.87. The zero-order valence-corrected chi connectivity index (χ0v) is 16.5. The number of Topliss-reactive ketones (excluding diaryl/α,β-unsaturated/α-hetero) is 1. The Kier molecular flexibility index (Phi) is 5.35. The molecule has 1 fully saturated rings. The van der Waals surface area contributed by atoms with E-state index in [2.05, 4.69) is 0 Å². The quantitative estimate of drug-likeness (QED) is 0.383. The van der Waals surface area contributed by atoms with Gasteiger partial charge in [-0.15, -0.1) is 0 Å². The number of aliphatic hydroxyl groups is 1. The monoisotopic (exact) mass is 399 g/mol. The van der Waals surface area contributed by atoms with Gasteiger partial charge in [-0.05, 0) is 48.9 Å². The minimum absolute atomic E-state index is 0.0687. The van der Waals surface area contributed by atoms with Gasteiger partial charge in [0.1, 0.15) is 11.5 Å². The van der Waals surface area contributed by atoms with Crippen molar-refractivity contribution in [2.45, 2.75) is 13.0 Å². The lowest BCUT2D eigenvalue weighted by Gasteiger charge is -2.25. The number of ketones is 1. The van der Waals surface area contributed by atoms with Crippen molar-refractivity contribution in [3.8, 4) is 5.75 Å². The Morgan fingerprint density at radius 1 is 0.900 bits per heavy atom. The maximum atomic E-state index is 13.0. The largest absolute Gasteiger partial charge is 0.507 e. The molecule has 1 aliphatic rings. The van der Waals surface area contributed by atoms with Crippen LogP contribution >= 0.6 is 0 Å². The molecule has 0 unspecified atom stereocenters. The van der Waals surface area contributed by atoms with Crippen LogP contribution < -0.4 is 9.64 Å². The highest BCUT2D eigenvalue weighted by molar-refractivity contribution is 6.51. The summed E-state index contributed by atoms with van der Waals surface area (Å²) in [4.78, 5) is 27.5. The maximum absolute atomic E-state index is 13.0. The first kappa shape index (κ1) is 19.5. The van der Waals surface area contributed by atoms with Crippen LogP contribution in [0.1, 0.15) is 24.1 Å². The Bertz CT molecular complexity index is 1090. The van der Waals surface area contributed by atoms with Gasteiger partial charge in [0.25, 0.3) is 11.7 Å². The molecular formula is C25H21NO4. The van der Waals surface area contributed by atoms with Crippen LogP contribution in [-0.2, 0) is 9.59 Å². The standard InChI is InChI=1S/C25H21NO4/c1-2-30-20-15-13-18(14-16-20)23(27)21-22(17-9-5-3-6-10-17)26(25(29)24(21)28)19-11-7-4-8-12-19/h3-16,22,27H,2H2,1H3/t22-/m1/s1. The molecule has 4 rings (SSSR count).